The Labute approximate surface area is 226 Å². The van der Waals surface area contributed by atoms with Crippen molar-refractivity contribution in [3.63, 3.8) is 0 Å². The summed E-state index contributed by atoms with van der Waals surface area (Å²) in [6, 6.07) is 0. The Balaban J connectivity index is 1.43. The van der Waals surface area contributed by atoms with Crippen LogP contribution in [-0.4, -0.2) is 15.7 Å². The highest BCUT2D eigenvalue weighted by Gasteiger charge is 2.59. The molecule has 0 saturated heterocycles. The van der Waals surface area contributed by atoms with Crippen molar-refractivity contribution >= 4 is 28.5 Å². The average Bonchev–Trinajstić information content (AvgIpc) is 3.15. The first-order valence-corrected chi connectivity index (χ1v) is 16.3. The van der Waals surface area contributed by atoms with Crippen LogP contribution in [0.4, 0.5) is 0 Å². The molecule has 0 aliphatic heterocycles. The Bertz CT molecular complexity index is 788. The molecule has 0 aromatic heterocycles. The number of carbonyl (C=O) groups is 1. The summed E-state index contributed by atoms with van der Waals surface area (Å²) < 4.78 is 0. The van der Waals surface area contributed by atoms with Gasteiger partial charge in [-0.15, -0.1) is 11.6 Å². The number of alkyl halides is 1. The Morgan fingerprint density at radius 1 is 1.03 bits per heavy atom. The molecule has 35 heavy (non-hydrogen) atoms. The Morgan fingerprint density at radius 3 is 2.46 bits per heavy atom. The minimum atomic E-state index is -0.350. The molecular formula is C32H53ClOS. The highest BCUT2D eigenvalue weighted by Crippen LogP contribution is 2.67. The van der Waals surface area contributed by atoms with Crippen LogP contribution in [0.25, 0.3) is 0 Å². The van der Waals surface area contributed by atoms with Crippen LogP contribution in [0.15, 0.2) is 11.6 Å². The number of hydrogen-bond donors (Lipinski definition) is 0. The molecule has 0 spiro atoms. The van der Waals surface area contributed by atoms with Crippen molar-refractivity contribution in [3.8, 4) is 0 Å². The first-order chi connectivity index (χ1) is 16.5. The number of fused-ring (bicyclic) bond motifs is 5. The zero-order valence-corrected chi connectivity index (χ0v) is 25.3. The van der Waals surface area contributed by atoms with Gasteiger partial charge in [-0.05, 0) is 104 Å². The summed E-state index contributed by atoms with van der Waals surface area (Å²) in [5.74, 6) is 5.53. The van der Waals surface area contributed by atoms with Gasteiger partial charge in [0.1, 0.15) is 5.38 Å². The second-order valence-corrected chi connectivity index (χ2v) is 16.0. The summed E-state index contributed by atoms with van der Waals surface area (Å²) >= 11 is 7.95. The maximum absolute atomic E-state index is 12.7. The Morgan fingerprint density at radius 2 is 1.77 bits per heavy atom. The smallest absolute Gasteiger partial charge is 0.207 e. The first kappa shape index (κ1) is 28.1. The molecule has 0 unspecified atom stereocenters. The van der Waals surface area contributed by atoms with Gasteiger partial charge in [-0.2, -0.15) is 0 Å². The van der Waals surface area contributed by atoms with Crippen molar-refractivity contribution < 1.29 is 4.79 Å². The predicted molar refractivity (Wildman–Crippen MR) is 154 cm³/mol. The molecule has 0 aromatic rings. The van der Waals surface area contributed by atoms with E-state index >= 15 is 0 Å². The fourth-order valence-electron chi connectivity index (χ4n) is 9.25. The lowest BCUT2D eigenvalue weighted by Crippen LogP contribution is -2.50. The van der Waals surface area contributed by atoms with E-state index in [4.69, 9.17) is 11.6 Å². The van der Waals surface area contributed by atoms with Crippen LogP contribution in [0.1, 0.15) is 119 Å². The molecule has 0 N–H and O–H groups in total. The Kier molecular flexibility index (Phi) is 8.85. The van der Waals surface area contributed by atoms with E-state index in [-0.39, 0.29) is 16.4 Å². The number of allylic oxidation sites excluding steroid dienone is 2. The van der Waals surface area contributed by atoms with Crippen molar-refractivity contribution in [1.29, 1.82) is 0 Å². The van der Waals surface area contributed by atoms with Crippen LogP contribution in [0.2, 0.25) is 0 Å². The van der Waals surface area contributed by atoms with Crippen molar-refractivity contribution in [3.05, 3.63) is 11.6 Å². The van der Waals surface area contributed by atoms with E-state index in [0.29, 0.717) is 16.1 Å². The number of rotatable bonds is 8. The van der Waals surface area contributed by atoms with Crippen LogP contribution in [0, 0.1) is 52.3 Å². The van der Waals surface area contributed by atoms with Crippen LogP contribution in [0.3, 0.4) is 0 Å². The van der Waals surface area contributed by atoms with Gasteiger partial charge in [-0.3, -0.25) is 4.79 Å². The van der Waals surface area contributed by atoms with E-state index in [9.17, 15) is 4.79 Å². The van der Waals surface area contributed by atoms with Gasteiger partial charge in [-0.25, -0.2) is 0 Å². The molecule has 200 valence electrons. The SMILES string of the molecule is CC(C)CCC[C@H](C)[C@@H]1CC[C@@H]2[C@H]3CC=C4C[C@@H](SC(=O)[C@H](Cl)C(C)C)CC[C@]4(C)[C@@H]3CC[C@@]21C. The monoisotopic (exact) mass is 520 g/mol. The summed E-state index contributed by atoms with van der Waals surface area (Å²) in [5, 5.41) is 0.268. The van der Waals surface area contributed by atoms with Crippen molar-refractivity contribution in [2.24, 2.45) is 52.3 Å². The van der Waals surface area contributed by atoms with Gasteiger partial charge in [0.25, 0.3) is 0 Å². The third-order valence-corrected chi connectivity index (χ3v) is 13.4. The average molecular weight is 521 g/mol. The molecule has 0 amide bonds. The van der Waals surface area contributed by atoms with Gasteiger partial charge in [0.15, 0.2) is 0 Å². The summed E-state index contributed by atoms with van der Waals surface area (Å²) in [4.78, 5) is 12.7. The quantitative estimate of drug-likeness (QED) is 0.234. The second kappa shape index (κ2) is 11.0. The number of thioether (sulfide) groups is 1. The number of halogens is 1. The van der Waals surface area contributed by atoms with Gasteiger partial charge >= 0.3 is 0 Å². The third kappa shape index (κ3) is 5.46. The normalized spacial score (nSPS) is 40.6. The highest BCUT2D eigenvalue weighted by molar-refractivity contribution is 8.14. The minimum absolute atomic E-state index is 0.192. The molecule has 3 saturated carbocycles. The van der Waals surface area contributed by atoms with E-state index in [1.54, 1.807) is 17.3 Å². The lowest BCUT2D eigenvalue weighted by molar-refractivity contribution is -0.111. The lowest BCUT2D eigenvalue weighted by atomic mass is 9.47. The van der Waals surface area contributed by atoms with E-state index in [1.807, 2.05) is 0 Å². The van der Waals surface area contributed by atoms with E-state index < -0.39 is 0 Å². The molecule has 0 bridgehead atoms. The summed E-state index contributed by atoms with van der Waals surface area (Å²) in [5.41, 5.74) is 2.61. The van der Waals surface area contributed by atoms with Crippen LogP contribution >= 0.6 is 23.4 Å². The predicted octanol–water partition coefficient (Wildman–Crippen LogP) is 9.92. The van der Waals surface area contributed by atoms with E-state index in [0.717, 1.165) is 41.9 Å². The summed E-state index contributed by atoms with van der Waals surface area (Å²) in [6.07, 6.45) is 17.5. The molecule has 0 radical (unpaired) electrons. The molecule has 4 rings (SSSR count). The lowest BCUT2D eigenvalue weighted by Gasteiger charge is -2.58. The molecule has 0 heterocycles. The molecule has 3 fully saturated rings. The van der Waals surface area contributed by atoms with Crippen LogP contribution < -0.4 is 0 Å². The maximum Gasteiger partial charge on any atom is 0.207 e. The number of hydrogen-bond acceptors (Lipinski definition) is 2. The van der Waals surface area contributed by atoms with E-state index in [2.05, 4.69) is 54.5 Å². The number of carbonyl (C=O) groups excluding carboxylic acids is 1. The molecule has 4 aliphatic carbocycles. The van der Waals surface area contributed by atoms with Gasteiger partial charge in [0.05, 0.1) is 0 Å². The topological polar surface area (TPSA) is 17.1 Å². The molecule has 9 atom stereocenters. The standard InChI is InChI=1S/C32H53ClOS/c1-20(2)9-8-10-22(5)26-13-14-27-25-12-11-23-19-24(35-30(34)29(33)21(3)4)15-17-31(23,6)28(25)16-18-32(26,27)7/h11,20-22,24-29H,8-10,12-19H2,1-7H3/t22-,24-,25+,26-,27+,28+,29+,31-,32+/m0/s1. The van der Waals surface area contributed by atoms with Gasteiger partial charge in [0.2, 0.25) is 5.12 Å². The fraction of sp³-hybridized carbons (Fsp3) is 0.906. The maximum atomic E-state index is 12.7. The molecular weight excluding hydrogens is 468 g/mol. The van der Waals surface area contributed by atoms with Crippen molar-refractivity contribution in [2.75, 3.05) is 0 Å². The zero-order valence-electron chi connectivity index (χ0n) is 23.7. The zero-order chi connectivity index (χ0) is 25.5. The van der Waals surface area contributed by atoms with Gasteiger partial charge < -0.3 is 0 Å². The fourth-order valence-corrected chi connectivity index (χ4v) is 10.6. The van der Waals surface area contributed by atoms with Gasteiger partial charge in [-0.1, -0.05) is 91.1 Å². The van der Waals surface area contributed by atoms with Crippen LogP contribution in [-0.2, 0) is 4.79 Å². The second-order valence-electron chi connectivity index (χ2n) is 14.2. The molecule has 4 aliphatic rings. The third-order valence-electron chi connectivity index (χ3n) is 11.4. The molecule has 0 aromatic carbocycles. The molecule has 3 heteroatoms. The first-order valence-electron chi connectivity index (χ1n) is 15.0. The van der Waals surface area contributed by atoms with Crippen LogP contribution in [0.5, 0.6) is 0 Å². The summed E-state index contributed by atoms with van der Waals surface area (Å²) in [7, 11) is 0. The highest BCUT2D eigenvalue weighted by atomic mass is 35.5. The Hall–Kier alpha value is 0.0500. The minimum Gasteiger partial charge on any atom is -0.286 e. The van der Waals surface area contributed by atoms with Crippen molar-refractivity contribution in [1.82, 2.24) is 0 Å². The largest absolute Gasteiger partial charge is 0.286 e. The summed E-state index contributed by atoms with van der Waals surface area (Å²) in [6.45, 7) is 16.7. The molecule has 1 nitrogen and oxygen atoms in total. The van der Waals surface area contributed by atoms with Gasteiger partial charge in [0, 0.05) is 5.25 Å². The van der Waals surface area contributed by atoms with E-state index in [1.165, 1.54) is 64.2 Å². The van der Waals surface area contributed by atoms with Crippen molar-refractivity contribution in [2.45, 2.75) is 130 Å².